The van der Waals surface area contributed by atoms with E-state index >= 15 is 0 Å². The standard InChI is InChI=1S/C19H17Cl2N3O2/c20-15-6-5-13(9-16(15)21)22-19(26)23-14-4-3-11-7-8-24(17(11)10-14)18(25)12-1-2-12/h3-6,9-10,12H,1-2,7-8H2,(H2,22,23,26). The molecule has 0 radical (unpaired) electrons. The van der Waals surface area contributed by atoms with Crippen molar-refractivity contribution in [3.8, 4) is 0 Å². The van der Waals surface area contributed by atoms with Crippen LogP contribution in [-0.4, -0.2) is 18.5 Å². The lowest BCUT2D eigenvalue weighted by Crippen LogP contribution is -2.30. The first kappa shape index (κ1) is 17.2. The van der Waals surface area contributed by atoms with Gasteiger partial charge in [0.1, 0.15) is 0 Å². The van der Waals surface area contributed by atoms with Gasteiger partial charge in [-0.3, -0.25) is 4.79 Å². The van der Waals surface area contributed by atoms with E-state index in [-0.39, 0.29) is 17.9 Å². The number of hydrogen-bond acceptors (Lipinski definition) is 2. The van der Waals surface area contributed by atoms with Gasteiger partial charge in [0.15, 0.2) is 0 Å². The van der Waals surface area contributed by atoms with Gasteiger partial charge in [-0.15, -0.1) is 0 Å². The number of nitrogens with zero attached hydrogens (tertiary/aromatic N) is 1. The number of benzene rings is 2. The van der Waals surface area contributed by atoms with E-state index in [2.05, 4.69) is 10.6 Å². The molecular weight excluding hydrogens is 373 g/mol. The Labute approximate surface area is 161 Å². The number of fused-ring (bicyclic) bond motifs is 1. The highest BCUT2D eigenvalue weighted by molar-refractivity contribution is 6.42. The molecule has 2 aromatic rings. The Hall–Kier alpha value is -2.24. The van der Waals surface area contributed by atoms with Crippen LogP contribution in [0.4, 0.5) is 21.9 Å². The van der Waals surface area contributed by atoms with Gasteiger partial charge in [-0.1, -0.05) is 29.3 Å². The minimum atomic E-state index is -0.388. The molecule has 2 aliphatic rings. The Balaban J connectivity index is 1.46. The van der Waals surface area contributed by atoms with Crippen LogP contribution in [0.3, 0.4) is 0 Å². The topological polar surface area (TPSA) is 61.4 Å². The van der Waals surface area contributed by atoms with Crippen LogP contribution >= 0.6 is 23.2 Å². The van der Waals surface area contributed by atoms with Crippen molar-refractivity contribution in [1.29, 1.82) is 0 Å². The molecule has 1 aliphatic carbocycles. The summed E-state index contributed by atoms with van der Waals surface area (Å²) >= 11 is 11.8. The van der Waals surface area contributed by atoms with Gasteiger partial charge in [-0.2, -0.15) is 0 Å². The van der Waals surface area contributed by atoms with Crippen LogP contribution < -0.4 is 15.5 Å². The number of carbonyl (C=O) groups is 2. The van der Waals surface area contributed by atoms with Gasteiger partial charge in [-0.05, 0) is 55.2 Å². The third-order valence-electron chi connectivity index (χ3n) is 4.61. The predicted octanol–water partition coefficient (Wildman–Crippen LogP) is 4.94. The maximum Gasteiger partial charge on any atom is 0.323 e. The molecule has 0 aromatic heterocycles. The fourth-order valence-corrected chi connectivity index (χ4v) is 3.40. The second-order valence-corrected chi connectivity index (χ2v) is 7.38. The molecule has 0 bridgehead atoms. The Morgan fingerprint density at radius 3 is 2.35 bits per heavy atom. The molecule has 26 heavy (non-hydrogen) atoms. The molecule has 0 atom stereocenters. The third-order valence-corrected chi connectivity index (χ3v) is 5.35. The summed E-state index contributed by atoms with van der Waals surface area (Å²) in [6.45, 7) is 0.712. The van der Waals surface area contributed by atoms with Gasteiger partial charge in [0.05, 0.1) is 10.0 Å². The normalized spacial score (nSPS) is 15.5. The van der Waals surface area contributed by atoms with Crippen LogP contribution in [0.2, 0.25) is 10.0 Å². The second kappa shape index (κ2) is 6.82. The lowest BCUT2D eigenvalue weighted by atomic mass is 10.1. The van der Waals surface area contributed by atoms with Crippen LogP contribution in [0.5, 0.6) is 0 Å². The smallest absolute Gasteiger partial charge is 0.312 e. The van der Waals surface area contributed by atoms with Crippen LogP contribution in [0.25, 0.3) is 0 Å². The summed E-state index contributed by atoms with van der Waals surface area (Å²) in [5.74, 6) is 0.372. The van der Waals surface area contributed by atoms with E-state index in [0.717, 1.165) is 30.5 Å². The molecule has 1 heterocycles. The minimum Gasteiger partial charge on any atom is -0.312 e. The molecule has 0 unspecified atom stereocenters. The molecule has 4 rings (SSSR count). The number of nitrogens with one attached hydrogen (secondary N) is 2. The predicted molar refractivity (Wildman–Crippen MR) is 104 cm³/mol. The van der Waals surface area contributed by atoms with Crippen molar-refractivity contribution in [2.75, 3.05) is 22.1 Å². The van der Waals surface area contributed by atoms with Crippen molar-refractivity contribution < 1.29 is 9.59 Å². The first-order chi connectivity index (χ1) is 12.5. The summed E-state index contributed by atoms with van der Waals surface area (Å²) < 4.78 is 0. The van der Waals surface area contributed by atoms with E-state index in [1.807, 2.05) is 23.1 Å². The number of anilines is 3. The van der Waals surface area contributed by atoms with Crippen molar-refractivity contribution >= 4 is 52.2 Å². The molecule has 1 fully saturated rings. The van der Waals surface area contributed by atoms with E-state index in [0.29, 0.717) is 28.0 Å². The number of hydrogen-bond donors (Lipinski definition) is 2. The molecule has 5 nitrogen and oxygen atoms in total. The Morgan fingerprint density at radius 2 is 1.65 bits per heavy atom. The van der Waals surface area contributed by atoms with E-state index < -0.39 is 0 Å². The highest BCUT2D eigenvalue weighted by Crippen LogP contribution is 2.37. The summed E-state index contributed by atoms with van der Waals surface area (Å²) in [6.07, 6.45) is 2.81. The quantitative estimate of drug-likeness (QED) is 0.780. The lowest BCUT2D eigenvalue weighted by Gasteiger charge is -2.18. The Morgan fingerprint density at radius 1 is 0.962 bits per heavy atom. The minimum absolute atomic E-state index is 0.176. The fraction of sp³-hybridized carbons (Fsp3) is 0.263. The second-order valence-electron chi connectivity index (χ2n) is 6.57. The number of carbonyl (C=O) groups excluding carboxylic acids is 2. The van der Waals surface area contributed by atoms with Crippen LogP contribution in [0.1, 0.15) is 18.4 Å². The zero-order valence-electron chi connectivity index (χ0n) is 13.9. The van der Waals surface area contributed by atoms with Crippen LogP contribution in [0.15, 0.2) is 36.4 Å². The van der Waals surface area contributed by atoms with E-state index in [1.165, 1.54) is 0 Å². The number of urea groups is 1. The van der Waals surface area contributed by atoms with Crippen molar-refractivity contribution in [3.63, 3.8) is 0 Å². The van der Waals surface area contributed by atoms with Gasteiger partial charge in [0, 0.05) is 29.5 Å². The molecular formula is C19H17Cl2N3O2. The number of amides is 3. The van der Waals surface area contributed by atoms with Gasteiger partial charge in [-0.25, -0.2) is 4.79 Å². The van der Waals surface area contributed by atoms with Gasteiger partial charge >= 0.3 is 6.03 Å². The summed E-state index contributed by atoms with van der Waals surface area (Å²) in [5, 5.41) is 6.31. The highest BCUT2D eigenvalue weighted by atomic mass is 35.5. The summed E-state index contributed by atoms with van der Waals surface area (Å²) in [7, 11) is 0. The van der Waals surface area contributed by atoms with Crippen molar-refractivity contribution in [2.45, 2.75) is 19.3 Å². The summed E-state index contributed by atoms with van der Waals surface area (Å²) in [5.41, 5.74) is 3.21. The first-order valence-corrected chi connectivity index (χ1v) is 9.24. The molecule has 1 saturated carbocycles. The fourth-order valence-electron chi connectivity index (χ4n) is 3.10. The van der Waals surface area contributed by atoms with Gasteiger partial charge in [0.25, 0.3) is 0 Å². The van der Waals surface area contributed by atoms with Crippen molar-refractivity contribution in [2.24, 2.45) is 5.92 Å². The Bertz CT molecular complexity index is 896. The van der Waals surface area contributed by atoms with Crippen LogP contribution in [-0.2, 0) is 11.2 Å². The monoisotopic (exact) mass is 389 g/mol. The molecule has 0 spiro atoms. The largest absolute Gasteiger partial charge is 0.323 e. The molecule has 2 aromatic carbocycles. The Kier molecular flexibility index (Phi) is 4.51. The van der Waals surface area contributed by atoms with E-state index in [9.17, 15) is 9.59 Å². The third kappa shape index (κ3) is 3.50. The number of rotatable bonds is 3. The zero-order valence-corrected chi connectivity index (χ0v) is 15.4. The molecule has 2 N–H and O–H groups in total. The molecule has 7 heteroatoms. The van der Waals surface area contributed by atoms with Gasteiger partial charge < -0.3 is 15.5 Å². The maximum absolute atomic E-state index is 12.4. The van der Waals surface area contributed by atoms with Crippen molar-refractivity contribution in [1.82, 2.24) is 0 Å². The zero-order chi connectivity index (χ0) is 18.3. The maximum atomic E-state index is 12.4. The summed E-state index contributed by atoms with van der Waals surface area (Å²) in [4.78, 5) is 26.5. The van der Waals surface area contributed by atoms with E-state index in [1.54, 1.807) is 18.2 Å². The highest BCUT2D eigenvalue weighted by Gasteiger charge is 2.36. The van der Waals surface area contributed by atoms with Crippen molar-refractivity contribution in [3.05, 3.63) is 52.0 Å². The average molecular weight is 390 g/mol. The molecule has 134 valence electrons. The molecule has 0 saturated heterocycles. The van der Waals surface area contributed by atoms with Crippen LogP contribution in [0, 0.1) is 5.92 Å². The average Bonchev–Trinajstić information content (AvgIpc) is 3.37. The molecule has 1 aliphatic heterocycles. The first-order valence-electron chi connectivity index (χ1n) is 8.48. The summed E-state index contributed by atoms with van der Waals surface area (Å²) in [6, 6.07) is 10.2. The van der Waals surface area contributed by atoms with Gasteiger partial charge in [0.2, 0.25) is 5.91 Å². The SMILES string of the molecule is O=C(Nc1ccc(Cl)c(Cl)c1)Nc1ccc2c(c1)N(C(=O)C1CC1)CC2. The molecule has 3 amide bonds. The number of halogens is 2. The van der Waals surface area contributed by atoms with E-state index in [4.69, 9.17) is 23.2 Å². The lowest BCUT2D eigenvalue weighted by molar-refractivity contribution is -0.119.